The number of benzene rings is 1. The summed E-state index contributed by atoms with van der Waals surface area (Å²) in [4.78, 5) is 26.9. The number of hydrogen-bond acceptors (Lipinski definition) is 4. The summed E-state index contributed by atoms with van der Waals surface area (Å²) < 4.78 is 3.65. The van der Waals surface area contributed by atoms with Crippen LogP contribution in [0.4, 0.5) is 0 Å². The standard InChI is InChI=1S/C18H23Cl2N5O2/c19-13-9-15-16(10-14(13)20)25(12-1-3-21-4-2-12)18(27)24(15)8-7-23-6-5-22-17(26)11-23/h9-10,12,21H,1-8,11H2,(H,22,26). The highest BCUT2D eigenvalue weighted by Crippen LogP contribution is 2.30. The number of hydrogen-bond donors (Lipinski definition) is 2. The van der Waals surface area contributed by atoms with Crippen molar-refractivity contribution in [1.82, 2.24) is 24.7 Å². The highest BCUT2D eigenvalue weighted by atomic mass is 35.5. The molecule has 1 aromatic heterocycles. The Bertz CT molecular complexity index is 917. The van der Waals surface area contributed by atoms with Crippen molar-refractivity contribution < 1.29 is 4.79 Å². The first-order chi connectivity index (χ1) is 13.0. The SMILES string of the molecule is O=C1CN(CCn2c(=O)n(C3CCNCC3)c3cc(Cl)c(Cl)cc32)CCN1. The van der Waals surface area contributed by atoms with Gasteiger partial charge in [-0.1, -0.05) is 23.2 Å². The summed E-state index contributed by atoms with van der Waals surface area (Å²) in [7, 11) is 0. The van der Waals surface area contributed by atoms with Gasteiger partial charge in [0, 0.05) is 32.2 Å². The van der Waals surface area contributed by atoms with Crippen LogP contribution in [0.15, 0.2) is 16.9 Å². The molecule has 9 heteroatoms. The van der Waals surface area contributed by atoms with Crippen molar-refractivity contribution in [2.24, 2.45) is 0 Å². The van der Waals surface area contributed by atoms with Gasteiger partial charge in [0.15, 0.2) is 0 Å². The summed E-state index contributed by atoms with van der Waals surface area (Å²) in [5.74, 6) is 0.0283. The van der Waals surface area contributed by atoms with E-state index in [-0.39, 0.29) is 17.6 Å². The number of nitrogens with one attached hydrogen (secondary N) is 2. The van der Waals surface area contributed by atoms with Crippen molar-refractivity contribution in [3.63, 3.8) is 0 Å². The highest BCUT2D eigenvalue weighted by Gasteiger charge is 2.24. The van der Waals surface area contributed by atoms with Gasteiger partial charge < -0.3 is 10.6 Å². The van der Waals surface area contributed by atoms with Gasteiger partial charge in [-0.05, 0) is 38.1 Å². The second kappa shape index (κ2) is 7.83. The van der Waals surface area contributed by atoms with E-state index in [1.165, 1.54) is 0 Å². The lowest BCUT2D eigenvalue weighted by molar-refractivity contribution is -0.124. The molecule has 2 aromatic rings. The van der Waals surface area contributed by atoms with E-state index in [0.29, 0.717) is 36.2 Å². The van der Waals surface area contributed by atoms with Gasteiger partial charge >= 0.3 is 5.69 Å². The maximum atomic E-state index is 13.3. The van der Waals surface area contributed by atoms with Gasteiger partial charge in [-0.15, -0.1) is 0 Å². The molecule has 146 valence electrons. The number of piperazine rings is 1. The fraction of sp³-hybridized carbons (Fsp3) is 0.556. The number of amides is 1. The summed E-state index contributed by atoms with van der Waals surface area (Å²) in [6, 6.07) is 3.73. The van der Waals surface area contributed by atoms with Crippen molar-refractivity contribution in [1.29, 1.82) is 0 Å². The monoisotopic (exact) mass is 411 g/mol. The highest BCUT2D eigenvalue weighted by molar-refractivity contribution is 6.42. The first-order valence-electron chi connectivity index (χ1n) is 9.34. The Morgan fingerprint density at radius 1 is 1.00 bits per heavy atom. The summed E-state index contributed by atoms with van der Waals surface area (Å²) in [5, 5.41) is 7.06. The molecular weight excluding hydrogens is 389 g/mol. The number of nitrogens with zero attached hydrogens (tertiary/aromatic N) is 3. The van der Waals surface area contributed by atoms with Crippen LogP contribution in [0.25, 0.3) is 11.0 Å². The largest absolute Gasteiger partial charge is 0.354 e. The number of fused-ring (bicyclic) bond motifs is 1. The van der Waals surface area contributed by atoms with Crippen molar-refractivity contribution in [2.45, 2.75) is 25.4 Å². The minimum Gasteiger partial charge on any atom is -0.354 e. The summed E-state index contributed by atoms with van der Waals surface area (Å²) >= 11 is 12.5. The molecule has 0 spiro atoms. The lowest BCUT2D eigenvalue weighted by atomic mass is 10.1. The number of piperidine rings is 1. The predicted molar refractivity (Wildman–Crippen MR) is 107 cm³/mol. The van der Waals surface area contributed by atoms with Crippen molar-refractivity contribution in [3.8, 4) is 0 Å². The molecule has 2 aliphatic heterocycles. The first kappa shape index (κ1) is 18.8. The molecule has 3 heterocycles. The molecule has 0 aliphatic carbocycles. The van der Waals surface area contributed by atoms with E-state index in [1.54, 1.807) is 16.7 Å². The average Bonchev–Trinajstić information content (AvgIpc) is 2.92. The zero-order chi connectivity index (χ0) is 19.0. The smallest absolute Gasteiger partial charge is 0.329 e. The molecule has 0 bridgehead atoms. The molecule has 4 rings (SSSR count). The Kier molecular flexibility index (Phi) is 5.45. The number of carbonyl (C=O) groups is 1. The van der Waals surface area contributed by atoms with Gasteiger partial charge in [0.2, 0.25) is 5.91 Å². The van der Waals surface area contributed by atoms with Crippen molar-refractivity contribution in [2.75, 3.05) is 39.3 Å². The van der Waals surface area contributed by atoms with Crippen molar-refractivity contribution >= 4 is 40.1 Å². The Hall–Kier alpha value is -1.54. The Morgan fingerprint density at radius 2 is 1.70 bits per heavy atom. The third-order valence-corrected chi connectivity index (χ3v) is 6.16. The van der Waals surface area contributed by atoms with Crippen LogP contribution in [-0.2, 0) is 11.3 Å². The zero-order valence-corrected chi connectivity index (χ0v) is 16.5. The van der Waals surface area contributed by atoms with E-state index in [2.05, 4.69) is 15.5 Å². The summed E-state index contributed by atoms with van der Waals surface area (Å²) in [6.07, 6.45) is 1.82. The Balaban J connectivity index is 1.70. The normalized spacial score (nSPS) is 19.6. The molecule has 2 saturated heterocycles. The quantitative estimate of drug-likeness (QED) is 0.798. The van der Waals surface area contributed by atoms with Gasteiger partial charge in [-0.2, -0.15) is 0 Å². The molecule has 7 nitrogen and oxygen atoms in total. The zero-order valence-electron chi connectivity index (χ0n) is 15.0. The van der Waals surface area contributed by atoms with Crippen LogP contribution in [0.3, 0.4) is 0 Å². The lowest BCUT2D eigenvalue weighted by Crippen LogP contribution is -2.48. The number of aromatic nitrogens is 2. The molecule has 1 amide bonds. The van der Waals surface area contributed by atoms with Gasteiger partial charge in [0.05, 0.1) is 27.6 Å². The number of halogens is 2. The fourth-order valence-electron chi connectivity index (χ4n) is 4.03. The van der Waals surface area contributed by atoms with Crippen LogP contribution in [0.5, 0.6) is 0 Å². The third kappa shape index (κ3) is 3.74. The molecule has 0 unspecified atom stereocenters. The summed E-state index contributed by atoms with van der Waals surface area (Å²) in [5.41, 5.74) is 1.60. The molecule has 0 atom stereocenters. The summed E-state index contributed by atoms with van der Waals surface area (Å²) in [6.45, 7) is 4.75. The predicted octanol–water partition coefficient (Wildman–Crippen LogP) is 1.47. The van der Waals surface area contributed by atoms with Gasteiger partial charge in [0.1, 0.15) is 0 Å². The molecule has 0 radical (unpaired) electrons. The minimum atomic E-state index is -0.0308. The van der Waals surface area contributed by atoms with E-state index in [1.807, 2.05) is 4.57 Å². The molecular formula is C18H23Cl2N5O2. The van der Waals surface area contributed by atoms with E-state index >= 15 is 0 Å². The molecule has 0 saturated carbocycles. The third-order valence-electron chi connectivity index (χ3n) is 5.44. The molecule has 2 aliphatic rings. The van der Waals surface area contributed by atoms with Gasteiger partial charge in [-0.3, -0.25) is 18.8 Å². The molecule has 2 N–H and O–H groups in total. The lowest BCUT2D eigenvalue weighted by Gasteiger charge is -2.26. The molecule has 2 fully saturated rings. The van der Waals surface area contributed by atoms with Crippen LogP contribution >= 0.6 is 23.2 Å². The van der Waals surface area contributed by atoms with Crippen molar-refractivity contribution in [3.05, 3.63) is 32.7 Å². The Labute approximate surface area is 167 Å². The van der Waals surface area contributed by atoms with E-state index in [9.17, 15) is 9.59 Å². The fourth-order valence-corrected chi connectivity index (χ4v) is 4.34. The number of rotatable bonds is 4. The second-order valence-corrected chi connectivity index (χ2v) is 7.98. The van der Waals surface area contributed by atoms with Gasteiger partial charge in [0.25, 0.3) is 0 Å². The van der Waals surface area contributed by atoms with E-state index in [4.69, 9.17) is 23.2 Å². The van der Waals surface area contributed by atoms with E-state index in [0.717, 1.165) is 43.5 Å². The van der Waals surface area contributed by atoms with Crippen LogP contribution in [-0.4, -0.2) is 59.2 Å². The van der Waals surface area contributed by atoms with Gasteiger partial charge in [-0.25, -0.2) is 4.79 Å². The van der Waals surface area contributed by atoms with E-state index < -0.39 is 0 Å². The van der Waals surface area contributed by atoms with Crippen LogP contribution < -0.4 is 16.3 Å². The number of imidazole rings is 1. The van der Waals surface area contributed by atoms with Crippen LogP contribution in [0, 0.1) is 0 Å². The molecule has 1 aromatic carbocycles. The topological polar surface area (TPSA) is 71.3 Å². The maximum absolute atomic E-state index is 13.3. The maximum Gasteiger partial charge on any atom is 0.329 e. The van der Waals surface area contributed by atoms with Crippen LogP contribution in [0.1, 0.15) is 18.9 Å². The second-order valence-electron chi connectivity index (χ2n) is 7.17. The first-order valence-corrected chi connectivity index (χ1v) is 10.1. The average molecular weight is 412 g/mol. The number of carbonyl (C=O) groups excluding carboxylic acids is 1. The minimum absolute atomic E-state index is 0.0283. The Morgan fingerprint density at radius 3 is 2.41 bits per heavy atom. The van der Waals surface area contributed by atoms with Crippen LogP contribution in [0.2, 0.25) is 10.0 Å². The molecule has 27 heavy (non-hydrogen) atoms.